The highest BCUT2D eigenvalue weighted by Gasteiger charge is 2.28. The van der Waals surface area contributed by atoms with E-state index in [-0.39, 0.29) is 11.9 Å². The summed E-state index contributed by atoms with van der Waals surface area (Å²) in [5.74, 6) is 1.09. The van der Waals surface area contributed by atoms with Gasteiger partial charge in [0.25, 0.3) is 0 Å². The fourth-order valence-corrected chi connectivity index (χ4v) is 6.72. The highest BCUT2D eigenvalue weighted by Crippen LogP contribution is 2.43. The number of carbonyl (C=O) groups excluding carboxylic acids is 1. The molecule has 2 aromatic carbocycles. The molecular weight excluding hydrogens is 440 g/mol. The Kier molecular flexibility index (Phi) is 7.73. The van der Waals surface area contributed by atoms with E-state index in [0.717, 1.165) is 70.7 Å². The molecule has 3 aliphatic rings. The molecule has 0 unspecified atom stereocenters. The lowest BCUT2D eigenvalue weighted by Crippen LogP contribution is -2.44. The first-order valence-corrected chi connectivity index (χ1v) is 13.9. The Morgan fingerprint density at radius 2 is 1.71 bits per heavy atom. The van der Waals surface area contributed by atoms with Crippen LogP contribution in [0.15, 0.2) is 59.0 Å². The number of thioether (sulfide) groups is 1. The van der Waals surface area contributed by atoms with Gasteiger partial charge < -0.3 is 14.5 Å². The van der Waals surface area contributed by atoms with Gasteiger partial charge in [-0.2, -0.15) is 0 Å². The highest BCUT2D eigenvalue weighted by atomic mass is 32.2. The van der Waals surface area contributed by atoms with Crippen molar-refractivity contribution in [2.45, 2.75) is 43.3 Å². The van der Waals surface area contributed by atoms with E-state index < -0.39 is 0 Å². The molecule has 5 heteroatoms. The van der Waals surface area contributed by atoms with Crippen LogP contribution in [0.4, 0.5) is 0 Å². The Morgan fingerprint density at radius 1 is 0.971 bits per heavy atom. The van der Waals surface area contributed by atoms with E-state index in [1.807, 2.05) is 18.7 Å². The number of rotatable bonds is 5. The quantitative estimate of drug-likeness (QED) is 0.535. The molecule has 2 saturated heterocycles. The molecule has 1 atom stereocenters. The molecule has 5 rings (SSSR count). The van der Waals surface area contributed by atoms with Gasteiger partial charge in [0.15, 0.2) is 0 Å². The summed E-state index contributed by atoms with van der Waals surface area (Å²) in [5.41, 5.74) is 7.40. The standard InChI is InChI=1S/C29H36N2O2S/c1-2-33-29(32)23-9-7-15-31(20-23)19-18-30-16-13-22(14-17-30)28-25-10-4-3-8-24(25)21-34-27-12-6-5-11-26(27)28/h3-6,8,10-12,23H,2,7,9,13-21H2,1H3/t23-/m1/s1. The van der Waals surface area contributed by atoms with Gasteiger partial charge in [-0.3, -0.25) is 4.79 Å². The SMILES string of the molecule is CCOC(=O)[C@@H]1CCCN(CCN2CCC(=C3c4ccccc4CSc4ccccc43)CC2)C1. The van der Waals surface area contributed by atoms with Gasteiger partial charge >= 0.3 is 5.97 Å². The maximum Gasteiger partial charge on any atom is 0.310 e. The van der Waals surface area contributed by atoms with E-state index in [1.165, 1.54) is 27.2 Å². The Balaban J connectivity index is 1.25. The predicted octanol–water partition coefficient (Wildman–Crippen LogP) is 5.47. The molecule has 0 radical (unpaired) electrons. The van der Waals surface area contributed by atoms with Crippen LogP contribution < -0.4 is 0 Å². The zero-order valence-corrected chi connectivity index (χ0v) is 21.1. The van der Waals surface area contributed by atoms with E-state index >= 15 is 0 Å². The number of likely N-dealkylation sites (tertiary alicyclic amines) is 2. The van der Waals surface area contributed by atoms with Crippen LogP contribution in [-0.2, 0) is 15.3 Å². The number of hydrogen-bond acceptors (Lipinski definition) is 5. The van der Waals surface area contributed by atoms with E-state index in [9.17, 15) is 4.79 Å². The Bertz CT molecular complexity index is 990. The summed E-state index contributed by atoms with van der Waals surface area (Å²) in [6.45, 7) is 8.69. The normalized spacial score (nSPS) is 21.5. The number of hydrogen-bond donors (Lipinski definition) is 0. The summed E-state index contributed by atoms with van der Waals surface area (Å²) in [6.07, 6.45) is 4.33. The summed E-state index contributed by atoms with van der Waals surface area (Å²) >= 11 is 1.97. The van der Waals surface area contributed by atoms with Crippen molar-refractivity contribution in [1.29, 1.82) is 0 Å². The summed E-state index contributed by atoms with van der Waals surface area (Å²) in [4.78, 5) is 18.7. The van der Waals surface area contributed by atoms with Gasteiger partial charge in [-0.25, -0.2) is 0 Å². The Hall–Kier alpha value is -2.08. The monoisotopic (exact) mass is 476 g/mol. The minimum Gasteiger partial charge on any atom is -0.466 e. The number of nitrogens with zero attached hydrogens (tertiary/aromatic N) is 2. The van der Waals surface area contributed by atoms with Crippen LogP contribution in [0.25, 0.3) is 5.57 Å². The van der Waals surface area contributed by atoms with Crippen molar-refractivity contribution in [2.75, 3.05) is 45.9 Å². The number of esters is 1. The molecule has 2 fully saturated rings. The maximum atomic E-state index is 12.2. The second-order valence-electron chi connectivity index (χ2n) is 9.65. The molecule has 0 bridgehead atoms. The number of benzene rings is 2. The minimum atomic E-state index is -0.0106. The summed E-state index contributed by atoms with van der Waals surface area (Å²) in [7, 11) is 0. The molecule has 0 aliphatic carbocycles. The fraction of sp³-hybridized carbons (Fsp3) is 0.483. The van der Waals surface area contributed by atoms with Gasteiger partial charge in [-0.15, -0.1) is 11.8 Å². The van der Waals surface area contributed by atoms with Gasteiger partial charge in [0.2, 0.25) is 0 Å². The van der Waals surface area contributed by atoms with Gasteiger partial charge in [-0.05, 0) is 67.5 Å². The molecule has 0 spiro atoms. The molecule has 0 saturated carbocycles. The number of ether oxygens (including phenoxy) is 1. The fourth-order valence-electron chi connectivity index (χ4n) is 5.66. The maximum absolute atomic E-state index is 12.2. The third-order valence-corrected chi connectivity index (χ3v) is 8.62. The predicted molar refractivity (Wildman–Crippen MR) is 140 cm³/mol. The largest absolute Gasteiger partial charge is 0.466 e. The van der Waals surface area contributed by atoms with Gasteiger partial charge in [0.1, 0.15) is 0 Å². The summed E-state index contributed by atoms with van der Waals surface area (Å²) < 4.78 is 5.27. The lowest BCUT2D eigenvalue weighted by atomic mass is 9.86. The lowest BCUT2D eigenvalue weighted by Gasteiger charge is -2.35. The molecular formula is C29H36N2O2S. The van der Waals surface area contributed by atoms with Gasteiger partial charge in [0, 0.05) is 43.4 Å². The number of piperidine rings is 2. The van der Waals surface area contributed by atoms with Crippen LogP contribution >= 0.6 is 11.8 Å². The molecule has 0 amide bonds. The zero-order chi connectivity index (χ0) is 23.3. The van der Waals surface area contributed by atoms with Gasteiger partial charge in [-0.1, -0.05) is 48.0 Å². The van der Waals surface area contributed by atoms with E-state index in [0.29, 0.717) is 6.61 Å². The van der Waals surface area contributed by atoms with Crippen LogP contribution in [0, 0.1) is 5.92 Å². The second kappa shape index (κ2) is 11.1. The third-order valence-electron chi connectivity index (χ3n) is 7.50. The van der Waals surface area contributed by atoms with Crippen molar-refractivity contribution in [2.24, 2.45) is 5.92 Å². The molecule has 0 aromatic heterocycles. The third kappa shape index (κ3) is 5.27. The Labute approximate surface area is 208 Å². The average molecular weight is 477 g/mol. The van der Waals surface area contributed by atoms with E-state index in [1.54, 1.807) is 5.57 Å². The van der Waals surface area contributed by atoms with E-state index in [4.69, 9.17) is 4.74 Å². The van der Waals surface area contributed by atoms with E-state index in [2.05, 4.69) is 58.3 Å². The van der Waals surface area contributed by atoms with Crippen LogP contribution in [-0.4, -0.2) is 61.6 Å². The van der Waals surface area contributed by atoms with Crippen LogP contribution in [0.1, 0.15) is 49.3 Å². The first kappa shape index (κ1) is 23.7. The van der Waals surface area contributed by atoms with Gasteiger partial charge in [0.05, 0.1) is 12.5 Å². The summed E-state index contributed by atoms with van der Waals surface area (Å²) in [5, 5.41) is 0. The number of carbonyl (C=O) groups is 1. The van der Waals surface area contributed by atoms with Crippen molar-refractivity contribution >= 4 is 23.3 Å². The van der Waals surface area contributed by atoms with Crippen molar-refractivity contribution in [3.8, 4) is 0 Å². The average Bonchev–Trinajstić information content (AvgIpc) is 3.05. The van der Waals surface area contributed by atoms with Crippen LogP contribution in [0.2, 0.25) is 0 Å². The molecule has 0 N–H and O–H groups in total. The first-order valence-electron chi connectivity index (χ1n) is 12.9. The van der Waals surface area contributed by atoms with Crippen LogP contribution in [0.3, 0.4) is 0 Å². The summed E-state index contributed by atoms with van der Waals surface area (Å²) in [6, 6.07) is 17.9. The van der Waals surface area contributed by atoms with Crippen molar-refractivity contribution in [1.82, 2.24) is 9.80 Å². The molecule has 4 nitrogen and oxygen atoms in total. The highest BCUT2D eigenvalue weighted by molar-refractivity contribution is 7.98. The smallest absolute Gasteiger partial charge is 0.310 e. The Morgan fingerprint density at radius 3 is 2.53 bits per heavy atom. The molecule has 3 aliphatic heterocycles. The number of fused-ring (bicyclic) bond motifs is 2. The lowest BCUT2D eigenvalue weighted by molar-refractivity contribution is -0.149. The second-order valence-corrected chi connectivity index (χ2v) is 10.7. The van der Waals surface area contributed by atoms with Crippen molar-refractivity contribution in [3.05, 3.63) is 70.8 Å². The first-order chi connectivity index (χ1) is 16.7. The topological polar surface area (TPSA) is 32.8 Å². The van der Waals surface area contributed by atoms with Crippen molar-refractivity contribution in [3.63, 3.8) is 0 Å². The molecule has 2 aromatic rings. The molecule has 34 heavy (non-hydrogen) atoms. The minimum absolute atomic E-state index is 0.0106. The van der Waals surface area contributed by atoms with Crippen molar-refractivity contribution < 1.29 is 9.53 Å². The molecule has 3 heterocycles. The zero-order valence-electron chi connectivity index (χ0n) is 20.3. The van der Waals surface area contributed by atoms with Crippen LogP contribution in [0.5, 0.6) is 0 Å². The molecule has 180 valence electrons.